The lowest BCUT2D eigenvalue weighted by atomic mass is 10.0. The molecule has 2 amide bonds. The van der Waals surface area contributed by atoms with E-state index in [1.54, 1.807) is 0 Å². The summed E-state index contributed by atoms with van der Waals surface area (Å²) in [5, 5.41) is 2.99. The van der Waals surface area contributed by atoms with E-state index in [1.165, 1.54) is 0 Å². The van der Waals surface area contributed by atoms with Gasteiger partial charge in [-0.15, -0.1) is 11.6 Å². The highest BCUT2D eigenvalue weighted by Gasteiger charge is 2.22. The number of hydrogen-bond acceptors (Lipinski definition) is 2. The monoisotopic (exact) mass is 274 g/mol. The summed E-state index contributed by atoms with van der Waals surface area (Å²) in [5.41, 5.74) is 0. The first-order valence-electron chi connectivity index (χ1n) is 6.80. The van der Waals surface area contributed by atoms with Gasteiger partial charge in [-0.1, -0.05) is 6.92 Å². The fourth-order valence-corrected chi connectivity index (χ4v) is 2.32. The van der Waals surface area contributed by atoms with E-state index >= 15 is 0 Å². The number of carbonyl (C=O) groups excluding carboxylic acids is 2. The largest absolute Gasteiger partial charge is 0.353 e. The highest BCUT2D eigenvalue weighted by Crippen LogP contribution is 2.12. The lowest BCUT2D eigenvalue weighted by Crippen LogP contribution is -2.46. The molecule has 0 aliphatic carbocycles. The van der Waals surface area contributed by atoms with Crippen LogP contribution in [0.3, 0.4) is 0 Å². The van der Waals surface area contributed by atoms with Crippen molar-refractivity contribution in [1.82, 2.24) is 10.2 Å². The first-order chi connectivity index (χ1) is 8.67. The maximum atomic E-state index is 11.9. The molecular formula is C13H23ClN2O2. The van der Waals surface area contributed by atoms with Crippen LogP contribution in [-0.4, -0.2) is 41.7 Å². The molecule has 1 heterocycles. The second-order valence-electron chi connectivity index (χ2n) is 4.72. The van der Waals surface area contributed by atoms with E-state index in [1.807, 2.05) is 11.8 Å². The van der Waals surface area contributed by atoms with Crippen LogP contribution in [0.2, 0.25) is 0 Å². The lowest BCUT2D eigenvalue weighted by Gasteiger charge is -2.32. The molecule has 1 fully saturated rings. The number of alkyl halides is 1. The van der Waals surface area contributed by atoms with Gasteiger partial charge in [0.05, 0.1) is 0 Å². The van der Waals surface area contributed by atoms with Crippen molar-refractivity contribution in [3.05, 3.63) is 0 Å². The zero-order chi connectivity index (χ0) is 13.4. The van der Waals surface area contributed by atoms with Crippen LogP contribution >= 0.6 is 11.6 Å². The van der Waals surface area contributed by atoms with Gasteiger partial charge in [0.15, 0.2) is 0 Å². The van der Waals surface area contributed by atoms with Gasteiger partial charge in [0.2, 0.25) is 11.8 Å². The van der Waals surface area contributed by atoms with Crippen LogP contribution in [-0.2, 0) is 9.59 Å². The molecule has 0 aromatic rings. The average molecular weight is 275 g/mol. The minimum atomic E-state index is 0.0990. The van der Waals surface area contributed by atoms with E-state index in [-0.39, 0.29) is 17.9 Å². The van der Waals surface area contributed by atoms with Crippen LogP contribution in [0.4, 0.5) is 0 Å². The van der Waals surface area contributed by atoms with Crippen molar-refractivity contribution in [2.24, 2.45) is 0 Å². The van der Waals surface area contributed by atoms with Crippen LogP contribution in [0.1, 0.15) is 45.4 Å². The predicted molar refractivity (Wildman–Crippen MR) is 72.6 cm³/mol. The minimum Gasteiger partial charge on any atom is -0.353 e. The Kier molecular flexibility index (Phi) is 7.09. The van der Waals surface area contributed by atoms with Crippen molar-refractivity contribution in [1.29, 1.82) is 0 Å². The number of halogens is 1. The number of amides is 2. The molecule has 104 valence electrons. The Balaban J connectivity index is 2.22. The Morgan fingerprint density at radius 3 is 2.50 bits per heavy atom. The summed E-state index contributed by atoms with van der Waals surface area (Å²) in [6.45, 7) is 3.37. The number of piperidine rings is 1. The molecule has 5 heteroatoms. The molecule has 0 aromatic carbocycles. The van der Waals surface area contributed by atoms with Gasteiger partial charge >= 0.3 is 0 Å². The number of nitrogens with one attached hydrogen (secondary N) is 1. The smallest absolute Gasteiger partial charge is 0.222 e. The molecule has 1 saturated heterocycles. The summed E-state index contributed by atoms with van der Waals surface area (Å²) >= 11 is 5.59. The second kappa shape index (κ2) is 8.35. The van der Waals surface area contributed by atoms with Crippen molar-refractivity contribution in [3.63, 3.8) is 0 Å². The average Bonchev–Trinajstić information content (AvgIpc) is 2.39. The van der Waals surface area contributed by atoms with E-state index in [4.69, 9.17) is 11.6 Å². The van der Waals surface area contributed by atoms with Crippen molar-refractivity contribution in [2.75, 3.05) is 19.0 Å². The van der Waals surface area contributed by atoms with Gasteiger partial charge in [0.1, 0.15) is 0 Å². The topological polar surface area (TPSA) is 49.4 Å². The van der Waals surface area contributed by atoms with Gasteiger partial charge < -0.3 is 10.2 Å². The van der Waals surface area contributed by atoms with Gasteiger partial charge in [0.25, 0.3) is 0 Å². The quantitative estimate of drug-likeness (QED) is 0.594. The Hall–Kier alpha value is -0.770. The van der Waals surface area contributed by atoms with Crippen molar-refractivity contribution < 1.29 is 9.59 Å². The maximum Gasteiger partial charge on any atom is 0.222 e. The zero-order valence-electron chi connectivity index (χ0n) is 11.1. The number of unbranched alkanes of at least 4 members (excludes halogenated alkanes) is 1. The van der Waals surface area contributed by atoms with Crippen molar-refractivity contribution >= 4 is 23.4 Å². The minimum absolute atomic E-state index is 0.0990. The lowest BCUT2D eigenvalue weighted by molar-refractivity contribution is -0.132. The predicted octanol–water partition coefficient (Wildman–Crippen LogP) is 1.91. The molecule has 0 saturated carbocycles. The SMILES string of the molecule is CCC(=O)NC1CCN(C(=O)CCCCCl)CC1. The Bertz CT molecular complexity index is 276. The van der Waals surface area contributed by atoms with Crippen LogP contribution in [0.15, 0.2) is 0 Å². The third-order valence-electron chi connectivity index (χ3n) is 3.31. The van der Waals surface area contributed by atoms with E-state index in [2.05, 4.69) is 5.32 Å². The number of rotatable bonds is 6. The fourth-order valence-electron chi connectivity index (χ4n) is 2.13. The summed E-state index contributed by atoms with van der Waals surface area (Å²) in [4.78, 5) is 25.0. The molecule has 0 bridgehead atoms. The normalized spacial score (nSPS) is 16.7. The van der Waals surface area contributed by atoms with Crippen LogP contribution in [0, 0.1) is 0 Å². The second-order valence-corrected chi connectivity index (χ2v) is 5.10. The molecule has 1 aliphatic rings. The van der Waals surface area contributed by atoms with Gasteiger partial charge in [-0.2, -0.15) is 0 Å². The fraction of sp³-hybridized carbons (Fsp3) is 0.846. The molecule has 1 aliphatic heterocycles. The zero-order valence-corrected chi connectivity index (χ0v) is 11.8. The van der Waals surface area contributed by atoms with E-state index in [0.29, 0.717) is 18.7 Å². The van der Waals surface area contributed by atoms with Crippen LogP contribution < -0.4 is 5.32 Å². The Morgan fingerprint density at radius 2 is 1.94 bits per heavy atom. The van der Waals surface area contributed by atoms with Crippen molar-refractivity contribution in [2.45, 2.75) is 51.5 Å². The van der Waals surface area contributed by atoms with Gasteiger partial charge in [-0.05, 0) is 25.7 Å². The molecule has 1 rings (SSSR count). The number of hydrogen-bond donors (Lipinski definition) is 1. The van der Waals surface area contributed by atoms with Crippen LogP contribution in [0.5, 0.6) is 0 Å². The van der Waals surface area contributed by atoms with Gasteiger partial charge in [-0.25, -0.2) is 0 Å². The molecule has 18 heavy (non-hydrogen) atoms. The summed E-state index contributed by atoms with van der Waals surface area (Å²) in [6, 6.07) is 0.240. The van der Waals surface area contributed by atoms with Gasteiger partial charge in [-0.3, -0.25) is 9.59 Å². The molecular weight excluding hydrogens is 252 g/mol. The third kappa shape index (κ3) is 5.25. The van der Waals surface area contributed by atoms with E-state index in [9.17, 15) is 9.59 Å². The molecule has 0 spiro atoms. The Morgan fingerprint density at radius 1 is 1.28 bits per heavy atom. The molecule has 0 aromatic heterocycles. The molecule has 1 N–H and O–H groups in total. The summed E-state index contributed by atoms with van der Waals surface area (Å²) in [7, 11) is 0. The van der Waals surface area contributed by atoms with Crippen molar-refractivity contribution in [3.8, 4) is 0 Å². The molecule has 4 nitrogen and oxygen atoms in total. The maximum absolute atomic E-state index is 11.9. The first kappa shape index (κ1) is 15.3. The van der Waals surface area contributed by atoms with Gasteiger partial charge in [0, 0.05) is 37.9 Å². The molecule has 0 unspecified atom stereocenters. The number of nitrogens with zero attached hydrogens (tertiary/aromatic N) is 1. The third-order valence-corrected chi connectivity index (χ3v) is 3.58. The highest BCUT2D eigenvalue weighted by molar-refractivity contribution is 6.17. The standard InChI is InChI=1S/C13H23ClN2O2/c1-2-12(17)15-11-6-9-16(10-7-11)13(18)5-3-4-8-14/h11H,2-10H2,1H3,(H,15,17). The highest BCUT2D eigenvalue weighted by atomic mass is 35.5. The van der Waals surface area contributed by atoms with E-state index < -0.39 is 0 Å². The number of carbonyl (C=O) groups is 2. The summed E-state index contributed by atoms with van der Waals surface area (Å²) in [6.07, 6.45) is 4.63. The summed E-state index contributed by atoms with van der Waals surface area (Å²) < 4.78 is 0. The molecule has 0 radical (unpaired) electrons. The van der Waals surface area contributed by atoms with Crippen LogP contribution in [0.25, 0.3) is 0 Å². The first-order valence-corrected chi connectivity index (χ1v) is 7.34. The van der Waals surface area contributed by atoms with E-state index in [0.717, 1.165) is 38.8 Å². The Labute approximate surface area is 114 Å². The summed E-state index contributed by atoms with van der Waals surface area (Å²) in [5.74, 6) is 0.945. The number of likely N-dealkylation sites (tertiary alicyclic amines) is 1. The molecule has 0 atom stereocenters.